The summed E-state index contributed by atoms with van der Waals surface area (Å²) in [4.78, 5) is 21.1. The summed E-state index contributed by atoms with van der Waals surface area (Å²) in [5, 5.41) is 13.6. The number of rotatable bonds is 4. The highest BCUT2D eigenvalue weighted by Crippen LogP contribution is 2.27. The maximum Gasteiger partial charge on any atom is 0.266 e. The third-order valence-corrected chi connectivity index (χ3v) is 6.02. The highest BCUT2D eigenvalue weighted by atomic mass is 16.1. The van der Waals surface area contributed by atoms with Gasteiger partial charge < -0.3 is 9.80 Å². The van der Waals surface area contributed by atoms with Crippen molar-refractivity contribution in [2.45, 2.75) is 38.4 Å². The molecule has 0 aliphatic carbocycles. The normalized spacial score (nSPS) is 19.1. The average molecular weight is 403 g/mol. The Kier molecular flexibility index (Phi) is 5.00. The summed E-state index contributed by atoms with van der Waals surface area (Å²) < 4.78 is 1.58. The molecular weight excluding hydrogens is 378 g/mol. The van der Waals surface area contributed by atoms with Gasteiger partial charge in [-0.05, 0) is 49.7 Å². The lowest BCUT2D eigenvalue weighted by Crippen LogP contribution is -2.38. The molecule has 30 heavy (non-hydrogen) atoms. The van der Waals surface area contributed by atoms with Gasteiger partial charge in [0, 0.05) is 50.1 Å². The predicted molar refractivity (Wildman–Crippen MR) is 114 cm³/mol. The van der Waals surface area contributed by atoms with E-state index in [0.717, 1.165) is 61.7 Å². The van der Waals surface area contributed by atoms with Crippen LogP contribution in [0, 0.1) is 0 Å². The third kappa shape index (κ3) is 3.70. The van der Waals surface area contributed by atoms with Crippen molar-refractivity contribution in [2.24, 2.45) is 0 Å². The molecule has 5 rings (SSSR count). The molecule has 1 unspecified atom stereocenters. The minimum atomic E-state index is -0.0854. The number of anilines is 1. The molecule has 1 saturated heterocycles. The molecule has 0 amide bonds. The van der Waals surface area contributed by atoms with Crippen LogP contribution in [0.4, 0.5) is 5.82 Å². The summed E-state index contributed by atoms with van der Waals surface area (Å²) >= 11 is 0. The molecule has 3 aromatic rings. The SMILES string of the molecule is CN1CCc2nnc(N3CCCC3Cn3nc(-c4ccncc4)ccc3=O)cc2C1. The summed E-state index contributed by atoms with van der Waals surface area (Å²) in [6.07, 6.45) is 6.49. The van der Waals surface area contributed by atoms with Crippen molar-refractivity contribution >= 4 is 5.82 Å². The van der Waals surface area contributed by atoms with Crippen molar-refractivity contribution in [3.8, 4) is 11.3 Å². The number of hydrogen-bond acceptors (Lipinski definition) is 7. The topological polar surface area (TPSA) is 80.0 Å². The van der Waals surface area contributed by atoms with Crippen LogP contribution in [0.1, 0.15) is 24.1 Å². The maximum absolute atomic E-state index is 12.5. The molecule has 0 bridgehead atoms. The first-order valence-corrected chi connectivity index (χ1v) is 10.5. The Labute approximate surface area is 175 Å². The lowest BCUT2D eigenvalue weighted by Gasteiger charge is -2.28. The molecule has 1 atom stereocenters. The molecule has 0 aromatic carbocycles. The standard InChI is InChI=1S/C22H25N7O/c1-27-12-8-19-17(14-27)13-21(25-24-19)28-11-2-3-18(28)15-29-22(30)5-4-20(26-29)16-6-9-23-10-7-16/h4-7,9-10,13,18H,2-3,8,11-12,14-15H2,1H3. The van der Waals surface area contributed by atoms with Crippen LogP contribution in [-0.2, 0) is 19.5 Å². The molecule has 8 nitrogen and oxygen atoms in total. The van der Waals surface area contributed by atoms with Crippen LogP contribution in [0.2, 0.25) is 0 Å². The highest BCUT2D eigenvalue weighted by molar-refractivity contribution is 5.57. The van der Waals surface area contributed by atoms with Gasteiger partial charge >= 0.3 is 0 Å². The first kappa shape index (κ1) is 18.9. The Balaban J connectivity index is 1.40. The van der Waals surface area contributed by atoms with Gasteiger partial charge in [-0.2, -0.15) is 10.2 Å². The average Bonchev–Trinajstić information content (AvgIpc) is 3.23. The second kappa shape index (κ2) is 7.95. The number of pyridine rings is 1. The van der Waals surface area contributed by atoms with Gasteiger partial charge in [-0.3, -0.25) is 9.78 Å². The second-order valence-corrected chi connectivity index (χ2v) is 8.13. The molecule has 8 heteroatoms. The number of aromatic nitrogens is 5. The summed E-state index contributed by atoms with van der Waals surface area (Å²) in [6.45, 7) is 3.39. The monoisotopic (exact) mass is 403 g/mol. The van der Waals surface area contributed by atoms with E-state index >= 15 is 0 Å². The zero-order valence-electron chi connectivity index (χ0n) is 17.1. The van der Waals surface area contributed by atoms with E-state index in [0.29, 0.717) is 6.54 Å². The van der Waals surface area contributed by atoms with Crippen LogP contribution in [-0.4, -0.2) is 56.0 Å². The minimum Gasteiger partial charge on any atom is -0.350 e. The van der Waals surface area contributed by atoms with Gasteiger partial charge in [0.05, 0.1) is 24.0 Å². The third-order valence-electron chi connectivity index (χ3n) is 6.02. The number of fused-ring (bicyclic) bond motifs is 1. The first-order valence-electron chi connectivity index (χ1n) is 10.5. The van der Waals surface area contributed by atoms with Crippen molar-refractivity contribution in [2.75, 3.05) is 25.0 Å². The highest BCUT2D eigenvalue weighted by Gasteiger charge is 2.28. The van der Waals surface area contributed by atoms with E-state index in [1.165, 1.54) is 5.56 Å². The van der Waals surface area contributed by atoms with Crippen LogP contribution >= 0.6 is 0 Å². The molecule has 0 spiro atoms. The van der Waals surface area contributed by atoms with Gasteiger partial charge in [0.25, 0.3) is 5.56 Å². The van der Waals surface area contributed by atoms with E-state index in [-0.39, 0.29) is 11.6 Å². The van der Waals surface area contributed by atoms with Gasteiger partial charge in [0.1, 0.15) is 0 Å². The fraction of sp³-hybridized carbons (Fsp3) is 0.409. The summed E-state index contributed by atoms with van der Waals surface area (Å²) in [5.74, 6) is 0.907. The smallest absolute Gasteiger partial charge is 0.266 e. The Morgan fingerprint density at radius 1 is 1.10 bits per heavy atom. The van der Waals surface area contributed by atoms with E-state index in [2.05, 4.69) is 43.2 Å². The molecule has 5 heterocycles. The Hall–Kier alpha value is -3.13. The van der Waals surface area contributed by atoms with E-state index in [1.54, 1.807) is 29.2 Å². The largest absolute Gasteiger partial charge is 0.350 e. The molecule has 0 radical (unpaired) electrons. The lowest BCUT2D eigenvalue weighted by atomic mass is 10.1. The molecule has 3 aromatic heterocycles. The minimum absolute atomic E-state index is 0.0854. The zero-order valence-corrected chi connectivity index (χ0v) is 17.1. The summed E-state index contributed by atoms with van der Waals surface area (Å²) in [5.41, 5.74) is 4.01. The molecule has 2 aliphatic heterocycles. The Morgan fingerprint density at radius 2 is 1.97 bits per heavy atom. The first-order chi connectivity index (χ1) is 14.7. The van der Waals surface area contributed by atoms with Crippen molar-refractivity contribution < 1.29 is 0 Å². The van der Waals surface area contributed by atoms with Gasteiger partial charge in [0.15, 0.2) is 5.82 Å². The van der Waals surface area contributed by atoms with Crippen molar-refractivity contribution in [1.82, 2.24) is 29.9 Å². The Morgan fingerprint density at radius 3 is 2.83 bits per heavy atom. The van der Waals surface area contributed by atoms with Crippen LogP contribution in [0.25, 0.3) is 11.3 Å². The van der Waals surface area contributed by atoms with Crippen LogP contribution in [0.15, 0.2) is 47.5 Å². The number of nitrogens with zero attached hydrogens (tertiary/aromatic N) is 7. The fourth-order valence-electron chi connectivity index (χ4n) is 4.38. The predicted octanol–water partition coefficient (Wildman–Crippen LogP) is 1.75. The van der Waals surface area contributed by atoms with Gasteiger partial charge in [-0.1, -0.05) is 0 Å². The summed E-state index contributed by atoms with van der Waals surface area (Å²) in [7, 11) is 2.13. The van der Waals surface area contributed by atoms with Crippen molar-refractivity contribution in [1.29, 1.82) is 0 Å². The van der Waals surface area contributed by atoms with E-state index < -0.39 is 0 Å². The quantitative estimate of drug-likeness (QED) is 0.657. The zero-order chi connectivity index (χ0) is 20.5. The lowest BCUT2D eigenvalue weighted by molar-refractivity contribution is 0.308. The van der Waals surface area contributed by atoms with E-state index in [9.17, 15) is 4.79 Å². The van der Waals surface area contributed by atoms with Gasteiger partial charge in [0.2, 0.25) is 0 Å². The Bertz CT molecular complexity index is 1100. The number of likely N-dealkylation sites (N-methyl/N-ethyl adjacent to an activating group) is 1. The van der Waals surface area contributed by atoms with Crippen LogP contribution in [0.3, 0.4) is 0 Å². The second-order valence-electron chi connectivity index (χ2n) is 8.13. The molecular formula is C22H25N7O. The molecule has 2 aliphatic rings. The van der Waals surface area contributed by atoms with E-state index in [4.69, 9.17) is 0 Å². The van der Waals surface area contributed by atoms with Crippen molar-refractivity contribution in [3.05, 3.63) is 64.3 Å². The van der Waals surface area contributed by atoms with Gasteiger partial charge in [-0.15, -0.1) is 5.10 Å². The summed E-state index contributed by atoms with van der Waals surface area (Å²) in [6, 6.07) is 9.52. The molecule has 0 N–H and O–H groups in total. The van der Waals surface area contributed by atoms with Crippen LogP contribution < -0.4 is 10.5 Å². The maximum atomic E-state index is 12.5. The van der Waals surface area contributed by atoms with Gasteiger partial charge in [-0.25, -0.2) is 4.68 Å². The number of hydrogen-bond donors (Lipinski definition) is 0. The fourth-order valence-corrected chi connectivity index (χ4v) is 4.38. The molecule has 154 valence electrons. The van der Waals surface area contributed by atoms with E-state index in [1.807, 2.05) is 12.1 Å². The van der Waals surface area contributed by atoms with Crippen LogP contribution in [0.5, 0.6) is 0 Å². The molecule has 1 fully saturated rings. The molecule has 0 saturated carbocycles. The van der Waals surface area contributed by atoms with Crippen molar-refractivity contribution in [3.63, 3.8) is 0 Å².